The Labute approximate surface area is 81.6 Å². The van der Waals surface area contributed by atoms with Crippen LogP contribution in [0.5, 0.6) is 0 Å². The number of nitrogens with one attached hydrogen (secondary N) is 1. The highest BCUT2D eigenvalue weighted by atomic mass is 14.9. The van der Waals surface area contributed by atoms with E-state index in [2.05, 4.69) is 28.2 Å². The number of hydrogen-bond acceptors (Lipinski definition) is 2. The zero-order chi connectivity index (χ0) is 9.54. The van der Waals surface area contributed by atoms with Crippen molar-refractivity contribution in [2.45, 2.75) is 6.42 Å². The lowest BCUT2D eigenvalue weighted by atomic mass is 10.1. The van der Waals surface area contributed by atoms with Gasteiger partial charge in [-0.15, -0.1) is 0 Å². The second kappa shape index (κ2) is 2.61. The molecule has 70 valence electrons. The van der Waals surface area contributed by atoms with E-state index in [1.807, 2.05) is 6.07 Å². The molecular formula is C11H11N3. The molecule has 0 saturated heterocycles. The smallest absolute Gasteiger partial charge is 0.142 e. The predicted molar refractivity (Wildman–Crippen MR) is 57.6 cm³/mol. The minimum atomic E-state index is 0.641. The molecule has 0 spiro atoms. The average molecular weight is 185 g/mol. The highest BCUT2D eigenvalue weighted by Gasteiger charge is 2.16. The van der Waals surface area contributed by atoms with Crippen molar-refractivity contribution in [3.05, 3.63) is 35.5 Å². The second-order valence-electron chi connectivity index (χ2n) is 3.54. The summed E-state index contributed by atoms with van der Waals surface area (Å²) in [6.07, 6.45) is 0.986. The van der Waals surface area contributed by atoms with Crippen LogP contribution >= 0.6 is 0 Å². The van der Waals surface area contributed by atoms with Crippen molar-refractivity contribution in [3.63, 3.8) is 0 Å². The molecule has 0 bridgehead atoms. The molecule has 0 fully saturated rings. The van der Waals surface area contributed by atoms with Gasteiger partial charge in [-0.3, -0.25) is 4.99 Å². The van der Waals surface area contributed by atoms with E-state index < -0.39 is 0 Å². The Morgan fingerprint density at radius 1 is 1.29 bits per heavy atom. The van der Waals surface area contributed by atoms with Crippen LogP contribution in [0.15, 0.2) is 29.3 Å². The van der Waals surface area contributed by atoms with E-state index in [0.717, 1.165) is 24.2 Å². The van der Waals surface area contributed by atoms with Crippen molar-refractivity contribution >= 4 is 16.7 Å². The standard InChI is InChI=1S/C11H11N3/c12-11-10-8(5-6-13-11)7-3-1-2-4-9(7)14-10/h1-4,14H,5-6H2,(H2,12,13). The molecule has 0 saturated carbocycles. The molecule has 0 unspecified atom stereocenters. The number of aromatic amines is 1. The van der Waals surface area contributed by atoms with Gasteiger partial charge in [0.2, 0.25) is 0 Å². The molecular weight excluding hydrogens is 174 g/mol. The molecule has 3 rings (SSSR count). The third-order valence-electron chi connectivity index (χ3n) is 2.71. The monoisotopic (exact) mass is 185 g/mol. The highest BCUT2D eigenvalue weighted by Crippen LogP contribution is 2.24. The van der Waals surface area contributed by atoms with Crippen molar-refractivity contribution in [3.8, 4) is 0 Å². The van der Waals surface area contributed by atoms with E-state index in [4.69, 9.17) is 5.73 Å². The molecule has 3 N–H and O–H groups in total. The summed E-state index contributed by atoms with van der Waals surface area (Å²) < 4.78 is 0. The predicted octanol–water partition coefficient (Wildman–Crippen LogP) is 1.43. The van der Waals surface area contributed by atoms with Crippen LogP contribution < -0.4 is 5.73 Å². The highest BCUT2D eigenvalue weighted by molar-refractivity contribution is 6.03. The van der Waals surface area contributed by atoms with Crippen molar-refractivity contribution < 1.29 is 0 Å². The van der Waals surface area contributed by atoms with Crippen LogP contribution in [0.4, 0.5) is 0 Å². The third kappa shape index (κ3) is 0.894. The fraction of sp³-hybridized carbons (Fsp3) is 0.182. The van der Waals surface area contributed by atoms with Crippen molar-refractivity contribution in [2.75, 3.05) is 6.54 Å². The minimum Gasteiger partial charge on any atom is -0.382 e. The molecule has 2 heterocycles. The van der Waals surface area contributed by atoms with E-state index >= 15 is 0 Å². The number of fused-ring (bicyclic) bond motifs is 3. The molecule has 1 aromatic carbocycles. The van der Waals surface area contributed by atoms with E-state index in [0.29, 0.717) is 5.84 Å². The first kappa shape index (κ1) is 7.62. The minimum absolute atomic E-state index is 0.641. The first-order valence-electron chi connectivity index (χ1n) is 4.76. The van der Waals surface area contributed by atoms with Gasteiger partial charge >= 0.3 is 0 Å². The van der Waals surface area contributed by atoms with Gasteiger partial charge in [-0.05, 0) is 18.1 Å². The van der Waals surface area contributed by atoms with Gasteiger partial charge in [0.05, 0.1) is 5.69 Å². The van der Waals surface area contributed by atoms with Gasteiger partial charge in [-0.2, -0.15) is 0 Å². The van der Waals surface area contributed by atoms with Crippen LogP contribution in [-0.4, -0.2) is 17.4 Å². The van der Waals surface area contributed by atoms with E-state index in [1.54, 1.807) is 0 Å². The summed E-state index contributed by atoms with van der Waals surface area (Å²) >= 11 is 0. The summed E-state index contributed by atoms with van der Waals surface area (Å²) in [5, 5.41) is 1.28. The van der Waals surface area contributed by atoms with Crippen molar-refractivity contribution in [1.29, 1.82) is 0 Å². The van der Waals surface area contributed by atoms with E-state index in [1.165, 1.54) is 10.9 Å². The average Bonchev–Trinajstić information content (AvgIpc) is 2.59. The maximum absolute atomic E-state index is 5.83. The third-order valence-corrected chi connectivity index (χ3v) is 2.71. The summed E-state index contributed by atoms with van der Waals surface area (Å²) in [5.74, 6) is 0.641. The lowest BCUT2D eigenvalue weighted by Crippen LogP contribution is -2.20. The van der Waals surface area contributed by atoms with Crippen LogP contribution in [-0.2, 0) is 6.42 Å². The van der Waals surface area contributed by atoms with Crippen LogP contribution in [0.25, 0.3) is 10.9 Å². The molecule has 0 amide bonds. The lowest BCUT2D eigenvalue weighted by molar-refractivity contribution is 0.943. The lowest BCUT2D eigenvalue weighted by Gasteiger charge is -2.08. The fourth-order valence-electron chi connectivity index (χ4n) is 2.05. The SMILES string of the molecule is NC1=NCCc2c1[nH]c1ccccc21. The van der Waals surface area contributed by atoms with Crippen LogP contribution in [0.1, 0.15) is 11.3 Å². The van der Waals surface area contributed by atoms with Gasteiger partial charge in [0.25, 0.3) is 0 Å². The van der Waals surface area contributed by atoms with E-state index in [9.17, 15) is 0 Å². The maximum Gasteiger partial charge on any atom is 0.142 e. The van der Waals surface area contributed by atoms with Gasteiger partial charge in [0.1, 0.15) is 5.84 Å². The number of amidine groups is 1. The van der Waals surface area contributed by atoms with Crippen LogP contribution in [0.2, 0.25) is 0 Å². The summed E-state index contributed by atoms with van der Waals surface area (Å²) in [7, 11) is 0. The molecule has 2 aromatic rings. The van der Waals surface area contributed by atoms with Gasteiger partial charge in [0.15, 0.2) is 0 Å². The molecule has 0 radical (unpaired) electrons. The molecule has 0 aliphatic carbocycles. The second-order valence-corrected chi connectivity index (χ2v) is 3.54. The number of aromatic nitrogens is 1. The molecule has 3 nitrogen and oxygen atoms in total. The number of nitrogens with zero attached hydrogens (tertiary/aromatic N) is 1. The van der Waals surface area contributed by atoms with Crippen molar-refractivity contribution in [1.82, 2.24) is 4.98 Å². The quantitative estimate of drug-likeness (QED) is 0.641. The Morgan fingerprint density at radius 2 is 2.14 bits per heavy atom. The molecule has 0 atom stereocenters. The first-order chi connectivity index (χ1) is 6.86. The van der Waals surface area contributed by atoms with Gasteiger partial charge in [-0.25, -0.2) is 0 Å². The van der Waals surface area contributed by atoms with Gasteiger partial charge in [0, 0.05) is 17.4 Å². The Hall–Kier alpha value is -1.77. The molecule has 1 aliphatic heterocycles. The summed E-state index contributed by atoms with van der Waals surface area (Å²) in [5.41, 5.74) is 9.30. The number of H-pyrrole nitrogens is 1. The fourth-order valence-corrected chi connectivity index (χ4v) is 2.05. The summed E-state index contributed by atoms with van der Waals surface area (Å²) in [6, 6.07) is 8.28. The topological polar surface area (TPSA) is 54.2 Å². The molecule has 3 heteroatoms. The Bertz CT molecular complexity index is 522. The van der Waals surface area contributed by atoms with Crippen LogP contribution in [0.3, 0.4) is 0 Å². The van der Waals surface area contributed by atoms with Gasteiger partial charge in [-0.1, -0.05) is 18.2 Å². The van der Waals surface area contributed by atoms with E-state index in [-0.39, 0.29) is 0 Å². The van der Waals surface area contributed by atoms with Gasteiger partial charge < -0.3 is 10.7 Å². The van der Waals surface area contributed by atoms with Crippen molar-refractivity contribution in [2.24, 2.45) is 10.7 Å². The number of hydrogen-bond donors (Lipinski definition) is 2. The Morgan fingerprint density at radius 3 is 3.07 bits per heavy atom. The Kier molecular flexibility index (Phi) is 1.42. The number of benzene rings is 1. The molecule has 14 heavy (non-hydrogen) atoms. The zero-order valence-corrected chi connectivity index (χ0v) is 7.75. The number of para-hydroxylation sites is 1. The zero-order valence-electron chi connectivity index (χ0n) is 7.75. The van der Waals surface area contributed by atoms with Crippen LogP contribution in [0, 0.1) is 0 Å². The number of aliphatic imine (C=N–C) groups is 1. The Balaban J connectivity index is 2.40. The number of nitrogens with two attached hydrogens (primary N) is 1. The molecule has 1 aromatic heterocycles. The number of rotatable bonds is 0. The first-order valence-corrected chi connectivity index (χ1v) is 4.76. The summed E-state index contributed by atoms with van der Waals surface area (Å²) in [6.45, 7) is 0.806. The molecule has 1 aliphatic rings. The summed E-state index contributed by atoms with van der Waals surface area (Å²) in [4.78, 5) is 7.54. The maximum atomic E-state index is 5.83. The normalized spacial score (nSPS) is 15.3. The largest absolute Gasteiger partial charge is 0.382 e.